The van der Waals surface area contributed by atoms with Crippen molar-refractivity contribution in [2.45, 2.75) is 51.9 Å². The Kier molecular flexibility index (Phi) is 4.91. The average Bonchev–Trinajstić information content (AvgIpc) is 3.15. The van der Waals surface area contributed by atoms with E-state index in [1.54, 1.807) is 24.0 Å². The van der Waals surface area contributed by atoms with Crippen molar-refractivity contribution in [1.82, 2.24) is 15.0 Å². The van der Waals surface area contributed by atoms with Gasteiger partial charge in [-0.15, -0.1) is 10.2 Å². The maximum absolute atomic E-state index is 13.1. The highest BCUT2D eigenvalue weighted by Crippen LogP contribution is 2.61. The van der Waals surface area contributed by atoms with E-state index in [1.807, 2.05) is 25.1 Å². The number of rotatable bonds is 5. The average molecular weight is 465 g/mol. The zero-order valence-corrected chi connectivity index (χ0v) is 19.9. The second kappa shape index (κ2) is 7.73. The molecule has 1 N–H and O–H groups in total. The minimum absolute atomic E-state index is 0.133. The second-order valence-corrected chi connectivity index (χ2v) is 11.0. The van der Waals surface area contributed by atoms with Gasteiger partial charge in [0.05, 0.1) is 17.8 Å². The third-order valence-corrected chi connectivity index (χ3v) is 8.36. The van der Waals surface area contributed by atoms with Crippen molar-refractivity contribution in [3.05, 3.63) is 40.9 Å². The maximum Gasteiger partial charge on any atom is 0.224 e. The zero-order valence-electron chi connectivity index (χ0n) is 19.1. The Morgan fingerprint density at radius 2 is 1.73 bits per heavy atom. The first-order chi connectivity index (χ1) is 15.9. The van der Waals surface area contributed by atoms with Crippen molar-refractivity contribution in [2.24, 2.45) is 23.2 Å². The van der Waals surface area contributed by atoms with Crippen LogP contribution in [0.5, 0.6) is 5.75 Å². The van der Waals surface area contributed by atoms with Gasteiger partial charge in [0.25, 0.3) is 0 Å². The lowest BCUT2D eigenvalue weighted by atomic mass is 9.49. The van der Waals surface area contributed by atoms with Crippen molar-refractivity contribution < 1.29 is 9.53 Å². The molecular weight excluding hydrogens is 436 g/mol. The number of methoxy groups -OCH3 is 1. The summed E-state index contributed by atoms with van der Waals surface area (Å²) in [6, 6.07) is 9.35. The van der Waals surface area contributed by atoms with Crippen LogP contribution in [0.15, 0.2) is 30.3 Å². The monoisotopic (exact) mass is 464 g/mol. The van der Waals surface area contributed by atoms with Crippen LogP contribution < -0.4 is 10.1 Å². The molecule has 1 amide bonds. The van der Waals surface area contributed by atoms with Gasteiger partial charge in [-0.1, -0.05) is 11.6 Å². The molecule has 4 aliphatic rings. The molecule has 1 aromatic heterocycles. The van der Waals surface area contributed by atoms with E-state index in [0.29, 0.717) is 17.2 Å². The van der Waals surface area contributed by atoms with Gasteiger partial charge in [0, 0.05) is 12.1 Å². The molecule has 0 aliphatic heterocycles. The molecule has 2 aromatic carbocycles. The summed E-state index contributed by atoms with van der Waals surface area (Å²) in [5.74, 6) is 3.29. The van der Waals surface area contributed by atoms with Crippen molar-refractivity contribution in [1.29, 1.82) is 0 Å². The quantitative estimate of drug-likeness (QED) is 0.507. The first kappa shape index (κ1) is 21.0. The summed E-state index contributed by atoms with van der Waals surface area (Å²) in [6.45, 7) is 2.00. The number of amides is 1. The van der Waals surface area contributed by atoms with Gasteiger partial charge in [-0.3, -0.25) is 4.79 Å². The molecule has 0 atom stereocenters. The highest BCUT2D eigenvalue weighted by atomic mass is 35.5. The predicted molar refractivity (Wildman–Crippen MR) is 129 cm³/mol. The molecule has 0 spiro atoms. The lowest BCUT2D eigenvalue weighted by Crippen LogP contribution is -2.47. The van der Waals surface area contributed by atoms with E-state index in [4.69, 9.17) is 16.3 Å². The summed E-state index contributed by atoms with van der Waals surface area (Å²) in [7, 11) is 1.59. The summed E-state index contributed by atoms with van der Waals surface area (Å²) in [4.78, 5) is 14.7. The van der Waals surface area contributed by atoms with Crippen LogP contribution in [0.1, 0.15) is 50.5 Å². The Hall–Kier alpha value is -2.60. The number of nitrogens with zero attached hydrogens (tertiary/aromatic N) is 3. The normalized spacial score (nSPS) is 27.8. The molecule has 7 rings (SSSR count). The van der Waals surface area contributed by atoms with Crippen LogP contribution in [0, 0.1) is 30.1 Å². The van der Waals surface area contributed by atoms with Crippen LogP contribution in [0.2, 0.25) is 5.02 Å². The number of anilines is 1. The third kappa shape index (κ3) is 3.78. The lowest BCUT2D eigenvalue weighted by Gasteiger charge is -2.56. The Morgan fingerprint density at radius 3 is 2.33 bits per heavy atom. The van der Waals surface area contributed by atoms with Gasteiger partial charge in [0.2, 0.25) is 5.91 Å². The van der Waals surface area contributed by atoms with Crippen LogP contribution in [-0.4, -0.2) is 28.0 Å². The number of aromatic nitrogens is 3. The summed E-state index contributed by atoms with van der Waals surface area (Å²) in [5.41, 5.74) is 4.30. The number of hydrogen-bond donors (Lipinski definition) is 1. The molecule has 0 radical (unpaired) electrons. The van der Waals surface area contributed by atoms with Gasteiger partial charge in [-0.05, 0) is 105 Å². The van der Waals surface area contributed by atoms with Gasteiger partial charge in [-0.25, -0.2) is 0 Å². The number of halogens is 1. The summed E-state index contributed by atoms with van der Waals surface area (Å²) < 4.78 is 5.23. The van der Waals surface area contributed by atoms with E-state index < -0.39 is 0 Å². The Balaban J connectivity index is 1.22. The number of carbonyl (C=O) groups excluding carboxylic acids is 1. The summed E-state index contributed by atoms with van der Waals surface area (Å²) in [6.07, 6.45) is 8.55. The molecule has 172 valence electrons. The molecule has 4 aliphatic carbocycles. The molecule has 1 heterocycles. The maximum atomic E-state index is 13.1. The standard InChI is InChI=1S/C26H29ClN4O2/c1-15-5-22-23(30-31(29-22)19-3-4-24(33-2)20(27)9-19)10-21(15)28-25(32)14-26-11-16-6-17(12-26)8-18(7-16)13-26/h3-5,9-10,16-18H,6-8,11-14H2,1-2H3,(H,28,32). The van der Waals surface area contributed by atoms with Crippen molar-refractivity contribution >= 4 is 34.2 Å². The first-order valence-corrected chi connectivity index (χ1v) is 12.3. The highest BCUT2D eigenvalue weighted by Gasteiger charge is 2.51. The first-order valence-electron chi connectivity index (χ1n) is 11.9. The molecule has 4 bridgehead atoms. The van der Waals surface area contributed by atoms with Gasteiger partial charge < -0.3 is 10.1 Å². The van der Waals surface area contributed by atoms with Crippen LogP contribution in [0.25, 0.3) is 16.7 Å². The molecule has 33 heavy (non-hydrogen) atoms. The third-order valence-electron chi connectivity index (χ3n) is 8.07. The van der Waals surface area contributed by atoms with Crippen molar-refractivity contribution in [3.63, 3.8) is 0 Å². The zero-order chi connectivity index (χ0) is 22.7. The second-order valence-electron chi connectivity index (χ2n) is 10.6. The molecule has 4 fully saturated rings. The fourth-order valence-electron chi connectivity index (χ4n) is 7.14. The van der Waals surface area contributed by atoms with Gasteiger partial charge in [-0.2, -0.15) is 4.80 Å². The van der Waals surface area contributed by atoms with E-state index in [9.17, 15) is 4.79 Å². The summed E-state index contributed by atoms with van der Waals surface area (Å²) in [5, 5.41) is 12.9. The number of benzene rings is 2. The Labute approximate surface area is 198 Å². The van der Waals surface area contributed by atoms with E-state index >= 15 is 0 Å². The molecule has 6 nitrogen and oxygen atoms in total. The van der Waals surface area contributed by atoms with E-state index in [1.165, 1.54) is 38.5 Å². The van der Waals surface area contributed by atoms with Crippen LogP contribution in [0.3, 0.4) is 0 Å². The van der Waals surface area contributed by atoms with E-state index in [2.05, 4.69) is 15.5 Å². The number of fused-ring (bicyclic) bond motifs is 1. The minimum Gasteiger partial charge on any atom is -0.495 e. The molecule has 0 unspecified atom stereocenters. The van der Waals surface area contributed by atoms with Crippen LogP contribution in [0.4, 0.5) is 5.69 Å². The van der Waals surface area contributed by atoms with Gasteiger partial charge in [0.15, 0.2) is 0 Å². The van der Waals surface area contributed by atoms with Crippen molar-refractivity contribution in [3.8, 4) is 11.4 Å². The minimum atomic E-state index is 0.133. The molecule has 4 saturated carbocycles. The number of aryl methyl sites for hydroxylation is 1. The summed E-state index contributed by atoms with van der Waals surface area (Å²) >= 11 is 6.27. The molecule has 7 heteroatoms. The topological polar surface area (TPSA) is 69.0 Å². The van der Waals surface area contributed by atoms with Crippen molar-refractivity contribution in [2.75, 3.05) is 12.4 Å². The number of carbonyl (C=O) groups is 1. The Morgan fingerprint density at radius 1 is 1.09 bits per heavy atom. The number of nitrogens with one attached hydrogen (secondary N) is 1. The molecule has 0 saturated heterocycles. The SMILES string of the molecule is COc1ccc(-n2nc3cc(C)c(NC(=O)CC45CC6CC(CC(C6)C4)C5)cc3n2)cc1Cl. The largest absolute Gasteiger partial charge is 0.495 e. The fraction of sp³-hybridized carbons (Fsp3) is 0.500. The van der Waals surface area contributed by atoms with Crippen LogP contribution >= 0.6 is 11.6 Å². The molecular formula is C26H29ClN4O2. The number of hydrogen-bond acceptors (Lipinski definition) is 4. The predicted octanol–water partition coefficient (Wildman–Crippen LogP) is 5.94. The van der Waals surface area contributed by atoms with E-state index in [-0.39, 0.29) is 11.3 Å². The van der Waals surface area contributed by atoms with Crippen LogP contribution in [-0.2, 0) is 4.79 Å². The van der Waals surface area contributed by atoms with Gasteiger partial charge in [0.1, 0.15) is 16.8 Å². The smallest absolute Gasteiger partial charge is 0.224 e. The lowest BCUT2D eigenvalue weighted by molar-refractivity contribution is -0.124. The number of ether oxygens (including phenoxy) is 1. The highest BCUT2D eigenvalue weighted by molar-refractivity contribution is 6.32. The fourth-order valence-corrected chi connectivity index (χ4v) is 7.39. The van der Waals surface area contributed by atoms with E-state index in [0.717, 1.165) is 45.7 Å². The molecule has 3 aromatic rings. The Bertz CT molecular complexity index is 1220. The van der Waals surface area contributed by atoms with Gasteiger partial charge >= 0.3 is 0 Å².